The molecule has 0 aliphatic heterocycles. The summed E-state index contributed by atoms with van der Waals surface area (Å²) in [6, 6.07) is 21.8. The van der Waals surface area contributed by atoms with Crippen molar-refractivity contribution in [1.29, 1.82) is 0 Å². The highest BCUT2D eigenvalue weighted by Crippen LogP contribution is 2.28. The molecule has 0 atom stereocenters. The lowest BCUT2D eigenvalue weighted by Gasteiger charge is -2.11. The molecule has 0 saturated heterocycles. The normalized spacial score (nSPS) is 10.4. The van der Waals surface area contributed by atoms with Crippen LogP contribution in [0.3, 0.4) is 0 Å². The zero-order valence-electron chi connectivity index (χ0n) is 17.7. The number of hydrazone groups is 1. The Morgan fingerprint density at radius 3 is 2.38 bits per heavy atom. The zero-order chi connectivity index (χ0) is 22.8. The Balaban J connectivity index is 1.59. The van der Waals surface area contributed by atoms with Gasteiger partial charge in [-0.1, -0.05) is 42.5 Å². The molecular weight excluding hydrogens is 410 g/mol. The number of amides is 2. The molecule has 2 amide bonds. The second-order valence-corrected chi connectivity index (χ2v) is 6.53. The maximum absolute atomic E-state index is 12.2. The Morgan fingerprint density at radius 1 is 0.875 bits per heavy atom. The summed E-state index contributed by atoms with van der Waals surface area (Å²) < 4.78 is 16.2. The first-order chi connectivity index (χ1) is 15.6. The average Bonchev–Trinajstić information content (AvgIpc) is 2.84. The van der Waals surface area contributed by atoms with Crippen molar-refractivity contribution >= 4 is 23.7 Å². The number of benzene rings is 3. The minimum atomic E-state index is -0.929. The summed E-state index contributed by atoms with van der Waals surface area (Å²) in [6.07, 6.45) is 1.42. The monoisotopic (exact) mass is 433 g/mol. The number of ether oxygens (including phenoxy) is 3. The first kappa shape index (κ1) is 22.4. The summed E-state index contributed by atoms with van der Waals surface area (Å²) in [4.78, 5) is 24.3. The largest absolute Gasteiger partial charge is 0.497 e. The van der Waals surface area contributed by atoms with E-state index >= 15 is 0 Å². The molecule has 0 aliphatic rings. The number of para-hydroxylation sites is 1. The number of hydrogen-bond acceptors (Lipinski definition) is 6. The predicted octanol–water partition coefficient (Wildman–Crippen LogP) is 3.37. The number of hydrogen-bond donors (Lipinski definition) is 2. The van der Waals surface area contributed by atoms with E-state index in [1.165, 1.54) is 20.4 Å². The Hall–Kier alpha value is -4.33. The van der Waals surface area contributed by atoms with Crippen LogP contribution >= 0.6 is 0 Å². The van der Waals surface area contributed by atoms with Crippen LogP contribution in [0.15, 0.2) is 77.9 Å². The molecule has 32 heavy (non-hydrogen) atoms. The van der Waals surface area contributed by atoms with Gasteiger partial charge < -0.3 is 19.5 Å². The molecule has 0 radical (unpaired) electrons. The Kier molecular flexibility index (Phi) is 7.80. The molecule has 0 bridgehead atoms. The van der Waals surface area contributed by atoms with Gasteiger partial charge in [0.2, 0.25) is 0 Å². The molecule has 2 N–H and O–H groups in total. The van der Waals surface area contributed by atoms with E-state index in [1.54, 1.807) is 30.3 Å². The number of methoxy groups -OCH3 is 2. The maximum Gasteiger partial charge on any atom is 0.329 e. The summed E-state index contributed by atoms with van der Waals surface area (Å²) in [5, 5.41) is 6.35. The van der Waals surface area contributed by atoms with Gasteiger partial charge in [0.05, 0.1) is 26.1 Å². The molecule has 0 spiro atoms. The molecule has 8 nitrogen and oxygen atoms in total. The van der Waals surface area contributed by atoms with Crippen LogP contribution in [0.2, 0.25) is 0 Å². The van der Waals surface area contributed by atoms with Gasteiger partial charge in [-0.25, -0.2) is 5.43 Å². The molecular formula is C24H23N3O5. The van der Waals surface area contributed by atoms with Crippen molar-refractivity contribution < 1.29 is 23.8 Å². The predicted molar refractivity (Wildman–Crippen MR) is 121 cm³/mol. The van der Waals surface area contributed by atoms with Gasteiger partial charge in [0.1, 0.15) is 23.9 Å². The molecule has 0 heterocycles. The van der Waals surface area contributed by atoms with Crippen LogP contribution in [0.25, 0.3) is 0 Å². The molecule has 3 aromatic carbocycles. The molecule has 0 fully saturated rings. The van der Waals surface area contributed by atoms with Crippen molar-refractivity contribution in [1.82, 2.24) is 5.43 Å². The van der Waals surface area contributed by atoms with Crippen molar-refractivity contribution in [3.05, 3.63) is 83.9 Å². The molecule has 164 valence electrons. The van der Waals surface area contributed by atoms with E-state index in [0.29, 0.717) is 35.1 Å². The van der Waals surface area contributed by atoms with E-state index < -0.39 is 11.8 Å². The van der Waals surface area contributed by atoms with Gasteiger partial charge in [-0.2, -0.15) is 5.10 Å². The van der Waals surface area contributed by atoms with E-state index in [2.05, 4.69) is 15.8 Å². The van der Waals surface area contributed by atoms with E-state index in [-0.39, 0.29) is 0 Å². The van der Waals surface area contributed by atoms with Crippen LogP contribution in [-0.2, 0) is 16.2 Å². The molecule has 0 aliphatic carbocycles. The first-order valence-corrected chi connectivity index (χ1v) is 9.73. The summed E-state index contributed by atoms with van der Waals surface area (Å²) >= 11 is 0. The number of carbonyl (C=O) groups is 2. The third-order valence-electron chi connectivity index (χ3n) is 4.39. The van der Waals surface area contributed by atoms with E-state index in [9.17, 15) is 9.59 Å². The van der Waals surface area contributed by atoms with Crippen molar-refractivity contribution in [3.8, 4) is 17.2 Å². The zero-order valence-corrected chi connectivity index (χ0v) is 17.7. The summed E-state index contributed by atoms with van der Waals surface area (Å²) in [5.41, 5.74) is 4.22. The third-order valence-corrected chi connectivity index (χ3v) is 4.39. The minimum Gasteiger partial charge on any atom is -0.497 e. The fourth-order valence-electron chi connectivity index (χ4n) is 2.75. The van der Waals surface area contributed by atoms with Gasteiger partial charge >= 0.3 is 11.8 Å². The standard InChI is InChI=1S/C24H23N3O5/c1-30-19-12-13-20(22(14-19)31-2)26-23(28)24(29)27-25-15-18-10-6-7-11-21(18)32-16-17-8-4-3-5-9-17/h3-15H,16H2,1-2H3,(H,26,28)(H,27,29)/b25-15-. The van der Waals surface area contributed by atoms with Crippen LogP contribution in [0.5, 0.6) is 17.2 Å². The SMILES string of the molecule is COc1ccc(NC(=O)C(=O)N/N=C\c2ccccc2OCc2ccccc2)c(OC)c1. The van der Waals surface area contributed by atoms with Crippen LogP contribution in [0, 0.1) is 0 Å². The van der Waals surface area contributed by atoms with Gasteiger partial charge in [0.15, 0.2) is 0 Å². The van der Waals surface area contributed by atoms with Crippen LogP contribution in [-0.4, -0.2) is 32.2 Å². The van der Waals surface area contributed by atoms with Crippen molar-refractivity contribution in [2.75, 3.05) is 19.5 Å². The number of rotatable bonds is 8. The molecule has 8 heteroatoms. The van der Waals surface area contributed by atoms with Crippen LogP contribution in [0.1, 0.15) is 11.1 Å². The summed E-state index contributed by atoms with van der Waals surface area (Å²) in [6.45, 7) is 0.393. The van der Waals surface area contributed by atoms with Crippen molar-refractivity contribution in [2.24, 2.45) is 5.10 Å². The van der Waals surface area contributed by atoms with Gasteiger partial charge in [-0.3, -0.25) is 9.59 Å². The Bertz CT molecular complexity index is 1100. The van der Waals surface area contributed by atoms with Gasteiger partial charge in [0.25, 0.3) is 0 Å². The molecule has 0 aromatic heterocycles. The van der Waals surface area contributed by atoms with Crippen LogP contribution < -0.4 is 25.0 Å². The van der Waals surface area contributed by atoms with E-state index in [4.69, 9.17) is 14.2 Å². The highest BCUT2D eigenvalue weighted by atomic mass is 16.5. The average molecular weight is 433 g/mol. The van der Waals surface area contributed by atoms with Crippen molar-refractivity contribution in [2.45, 2.75) is 6.61 Å². The molecule has 3 aromatic rings. The smallest absolute Gasteiger partial charge is 0.329 e. The van der Waals surface area contributed by atoms with Crippen LogP contribution in [0.4, 0.5) is 5.69 Å². The number of carbonyl (C=O) groups excluding carboxylic acids is 2. The maximum atomic E-state index is 12.2. The highest BCUT2D eigenvalue weighted by molar-refractivity contribution is 6.39. The molecule has 3 rings (SSSR count). The van der Waals surface area contributed by atoms with E-state index in [0.717, 1.165) is 5.56 Å². The minimum absolute atomic E-state index is 0.331. The summed E-state index contributed by atoms with van der Waals surface area (Å²) in [5.74, 6) is -0.302. The topological polar surface area (TPSA) is 98.2 Å². The Morgan fingerprint density at radius 2 is 1.62 bits per heavy atom. The number of nitrogens with one attached hydrogen (secondary N) is 2. The second kappa shape index (κ2) is 11.2. The fraction of sp³-hybridized carbons (Fsp3) is 0.125. The lowest BCUT2D eigenvalue weighted by molar-refractivity contribution is -0.136. The lowest BCUT2D eigenvalue weighted by atomic mass is 10.2. The number of anilines is 1. The van der Waals surface area contributed by atoms with E-state index in [1.807, 2.05) is 42.5 Å². The van der Waals surface area contributed by atoms with Gasteiger partial charge in [0, 0.05) is 11.6 Å². The fourth-order valence-corrected chi connectivity index (χ4v) is 2.75. The van der Waals surface area contributed by atoms with Gasteiger partial charge in [-0.15, -0.1) is 0 Å². The summed E-state index contributed by atoms with van der Waals surface area (Å²) in [7, 11) is 2.97. The molecule has 0 saturated carbocycles. The first-order valence-electron chi connectivity index (χ1n) is 9.73. The lowest BCUT2D eigenvalue weighted by Crippen LogP contribution is -2.32. The van der Waals surface area contributed by atoms with Crippen molar-refractivity contribution in [3.63, 3.8) is 0 Å². The highest BCUT2D eigenvalue weighted by Gasteiger charge is 2.16. The Labute approximate surface area is 185 Å². The molecule has 0 unspecified atom stereocenters. The second-order valence-electron chi connectivity index (χ2n) is 6.53. The van der Waals surface area contributed by atoms with Gasteiger partial charge in [-0.05, 0) is 29.8 Å². The quantitative estimate of drug-likeness (QED) is 0.322. The number of nitrogens with zero attached hydrogens (tertiary/aromatic N) is 1. The third kappa shape index (κ3) is 6.09.